The number of aromatic nitrogens is 3. The van der Waals surface area contributed by atoms with Crippen molar-refractivity contribution < 1.29 is 9.90 Å². The summed E-state index contributed by atoms with van der Waals surface area (Å²) in [5.41, 5.74) is 2.93. The van der Waals surface area contributed by atoms with Gasteiger partial charge in [0.25, 0.3) is 0 Å². The molecule has 2 fully saturated rings. The Labute approximate surface area is 145 Å². The van der Waals surface area contributed by atoms with Crippen LogP contribution < -0.4 is 0 Å². The lowest BCUT2D eigenvalue weighted by Crippen LogP contribution is -2.34. The minimum absolute atomic E-state index is 0.176. The summed E-state index contributed by atoms with van der Waals surface area (Å²) in [5.74, 6) is 0.120. The van der Waals surface area contributed by atoms with E-state index in [0.717, 1.165) is 37.5 Å². The lowest BCUT2D eigenvalue weighted by molar-refractivity contribution is 0.0691. The molecule has 0 bridgehead atoms. The molecule has 0 amide bonds. The smallest absolute Gasteiger partial charge is 0.355 e. The number of carboxylic acids is 1. The van der Waals surface area contributed by atoms with Crippen LogP contribution in [-0.2, 0) is 13.6 Å². The fraction of sp³-hybridized carbons (Fsp3) is 0.588. The summed E-state index contributed by atoms with van der Waals surface area (Å²) >= 11 is 1.48. The van der Waals surface area contributed by atoms with Crippen molar-refractivity contribution in [2.75, 3.05) is 13.1 Å². The summed E-state index contributed by atoms with van der Waals surface area (Å²) in [4.78, 5) is 17.8. The number of hydrogen-bond donors (Lipinski definition) is 1. The van der Waals surface area contributed by atoms with Gasteiger partial charge in [-0.2, -0.15) is 5.10 Å². The van der Waals surface area contributed by atoms with Crippen molar-refractivity contribution in [2.45, 2.75) is 44.1 Å². The van der Waals surface area contributed by atoms with Gasteiger partial charge >= 0.3 is 5.97 Å². The minimum Gasteiger partial charge on any atom is -0.476 e. The van der Waals surface area contributed by atoms with Gasteiger partial charge in [-0.3, -0.25) is 9.58 Å². The molecule has 1 unspecified atom stereocenters. The van der Waals surface area contributed by atoms with Gasteiger partial charge in [-0.1, -0.05) is 0 Å². The zero-order chi connectivity index (χ0) is 16.7. The highest BCUT2D eigenvalue weighted by atomic mass is 32.1. The highest BCUT2D eigenvalue weighted by Gasteiger charge is 2.30. The van der Waals surface area contributed by atoms with E-state index in [1.165, 1.54) is 35.4 Å². The van der Waals surface area contributed by atoms with Crippen molar-refractivity contribution in [1.82, 2.24) is 19.7 Å². The molecule has 1 saturated heterocycles. The first-order chi connectivity index (χ1) is 11.6. The predicted octanol–water partition coefficient (Wildman–Crippen LogP) is 2.83. The lowest BCUT2D eigenvalue weighted by atomic mass is 9.98. The van der Waals surface area contributed by atoms with E-state index in [4.69, 9.17) is 5.11 Å². The van der Waals surface area contributed by atoms with Gasteiger partial charge in [-0.05, 0) is 43.7 Å². The molecular formula is C17H22N4O2S. The number of aryl methyl sites for hydroxylation is 1. The zero-order valence-corrected chi connectivity index (χ0v) is 14.6. The van der Waals surface area contributed by atoms with Crippen LogP contribution in [-0.4, -0.2) is 43.8 Å². The molecule has 1 N–H and O–H groups in total. The van der Waals surface area contributed by atoms with Crippen LogP contribution in [0.15, 0.2) is 11.6 Å². The maximum Gasteiger partial charge on any atom is 0.355 e. The molecule has 2 aliphatic rings. The summed E-state index contributed by atoms with van der Waals surface area (Å²) in [6.45, 7) is 2.96. The van der Waals surface area contributed by atoms with Crippen molar-refractivity contribution in [3.63, 3.8) is 0 Å². The third kappa shape index (κ3) is 3.10. The van der Waals surface area contributed by atoms with Gasteiger partial charge in [0.1, 0.15) is 0 Å². The molecule has 2 aromatic rings. The standard InChI is InChI=1S/C17H22N4O2S/c1-20-15(13(7-18-20)11-4-5-11)9-21-6-2-3-12(8-21)16-19-14(10-24-16)17(22)23/h7,10-12H,2-6,8-9H2,1H3,(H,22,23). The Balaban J connectivity index is 1.47. The average Bonchev–Trinajstić information content (AvgIpc) is 3.17. The number of thiazole rings is 1. The molecular weight excluding hydrogens is 324 g/mol. The number of hydrogen-bond acceptors (Lipinski definition) is 5. The second-order valence-electron chi connectivity index (χ2n) is 6.89. The van der Waals surface area contributed by atoms with Gasteiger partial charge in [0, 0.05) is 31.4 Å². The second-order valence-corrected chi connectivity index (χ2v) is 7.78. The molecule has 24 heavy (non-hydrogen) atoms. The van der Waals surface area contributed by atoms with Gasteiger partial charge < -0.3 is 5.11 Å². The largest absolute Gasteiger partial charge is 0.476 e. The van der Waals surface area contributed by atoms with Gasteiger partial charge in [0.2, 0.25) is 0 Å². The molecule has 128 valence electrons. The summed E-state index contributed by atoms with van der Waals surface area (Å²) in [6.07, 6.45) is 6.83. The number of rotatable bonds is 5. The maximum absolute atomic E-state index is 11.0. The molecule has 4 rings (SSSR count). The molecule has 0 spiro atoms. The van der Waals surface area contributed by atoms with E-state index in [9.17, 15) is 4.79 Å². The van der Waals surface area contributed by atoms with Crippen molar-refractivity contribution in [2.24, 2.45) is 7.05 Å². The molecule has 7 heteroatoms. The van der Waals surface area contributed by atoms with Crippen LogP contribution in [0.5, 0.6) is 0 Å². The second kappa shape index (κ2) is 6.29. The fourth-order valence-electron chi connectivity index (χ4n) is 3.59. The SMILES string of the molecule is Cn1ncc(C2CC2)c1CN1CCCC(c2nc(C(=O)O)cs2)C1. The number of likely N-dealkylation sites (tertiary alicyclic amines) is 1. The maximum atomic E-state index is 11.0. The summed E-state index contributed by atoms with van der Waals surface area (Å²) < 4.78 is 2.02. The Morgan fingerprint density at radius 1 is 1.38 bits per heavy atom. The predicted molar refractivity (Wildman–Crippen MR) is 91.5 cm³/mol. The van der Waals surface area contributed by atoms with Crippen LogP contribution in [0.1, 0.15) is 64.3 Å². The topological polar surface area (TPSA) is 71.2 Å². The molecule has 2 aromatic heterocycles. The van der Waals surface area contributed by atoms with Crippen molar-refractivity contribution >= 4 is 17.3 Å². The van der Waals surface area contributed by atoms with Crippen LogP contribution in [0, 0.1) is 0 Å². The molecule has 0 aromatic carbocycles. The van der Waals surface area contributed by atoms with Gasteiger partial charge in [0.05, 0.1) is 16.9 Å². The Bertz CT molecular complexity index is 750. The Kier molecular flexibility index (Phi) is 4.14. The number of nitrogens with zero attached hydrogens (tertiary/aromatic N) is 4. The average molecular weight is 346 g/mol. The third-order valence-corrected chi connectivity index (χ3v) is 6.09. The molecule has 6 nitrogen and oxygen atoms in total. The first-order valence-electron chi connectivity index (χ1n) is 8.53. The van der Waals surface area contributed by atoms with E-state index in [-0.39, 0.29) is 5.69 Å². The summed E-state index contributed by atoms with van der Waals surface area (Å²) in [5, 5.41) is 16.1. The number of carboxylic acid groups (broad SMARTS) is 1. The van der Waals surface area contributed by atoms with Crippen molar-refractivity contribution in [3.8, 4) is 0 Å². The molecule has 0 radical (unpaired) electrons. The normalized spacial score (nSPS) is 22.0. The van der Waals surface area contributed by atoms with E-state index in [1.54, 1.807) is 5.38 Å². The van der Waals surface area contributed by atoms with Crippen LogP contribution in [0.3, 0.4) is 0 Å². The van der Waals surface area contributed by atoms with Gasteiger partial charge in [-0.25, -0.2) is 9.78 Å². The summed E-state index contributed by atoms with van der Waals surface area (Å²) in [7, 11) is 2.03. The van der Waals surface area contributed by atoms with E-state index >= 15 is 0 Å². The Morgan fingerprint density at radius 2 is 2.21 bits per heavy atom. The van der Waals surface area contributed by atoms with E-state index < -0.39 is 5.97 Å². The number of carbonyl (C=O) groups is 1. The van der Waals surface area contributed by atoms with Crippen LogP contribution >= 0.6 is 11.3 Å². The molecule has 1 atom stereocenters. The third-order valence-electron chi connectivity index (χ3n) is 5.08. The molecule has 1 aliphatic carbocycles. The highest BCUT2D eigenvalue weighted by Crippen LogP contribution is 2.42. The fourth-order valence-corrected chi connectivity index (χ4v) is 4.52. The molecule has 1 aliphatic heterocycles. The Hall–Kier alpha value is -1.73. The first kappa shape index (κ1) is 15.8. The highest BCUT2D eigenvalue weighted by molar-refractivity contribution is 7.09. The van der Waals surface area contributed by atoms with Gasteiger partial charge in [-0.15, -0.1) is 11.3 Å². The van der Waals surface area contributed by atoms with Crippen molar-refractivity contribution in [1.29, 1.82) is 0 Å². The first-order valence-corrected chi connectivity index (χ1v) is 9.41. The van der Waals surface area contributed by atoms with Crippen LogP contribution in [0.25, 0.3) is 0 Å². The van der Waals surface area contributed by atoms with Crippen LogP contribution in [0.4, 0.5) is 0 Å². The number of piperidine rings is 1. The van der Waals surface area contributed by atoms with E-state index in [2.05, 4.69) is 15.0 Å². The lowest BCUT2D eigenvalue weighted by Gasteiger charge is -2.32. The summed E-state index contributed by atoms with van der Waals surface area (Å²) in [6, 6.07) is 0. The van der Waals surface area contributed by atoms with Crippen molar-refractivity contribution in [3.05, 3.63) is 33.5 Å². The Morgan fingerprint density at radius 3 is 2.92 bits per heavy atom. The quantitative estimate of drug-likeness (QED) is 0.901. The zero-order valence-electron chi connectivity index (χ0n) is 13.8. The van der Waals surface area contributed by atoms with E-state index in [0.29, 0.717) is 11.8 Å². The number of aromatic carboxylic acids is 1. The minimum atomic E-state index is -0.936. The van der Waals surface area contributed by atoms with Crippen LogP contribution in [0.2, 0.25) is 0 Å². The monoisotopic (exact) mass is 346 g/mol. The molecule has 3 heterocycles. The molecule has 1 saturated carbocycles. The van der Waals surface area contributed by atoms with E-state index in [1.807, 2.05) is 17.9 Å². The van der Waals surface area contributed by atoms with Gasteiger partial charge in [0.15, 0.2) is 5.69 Å².